The van der Waals surface area contributed by atoms with E-state index in [0.717, 1.165) is 21.8 Å². The van der Waals surface area contributed by atoms with Crippen molar-refractivity contribution < 1.29 is 9.18 Å². The van der Waals surface area contributed by atoms with Crippen molar-refractivity contribution in [1.29, 1.82) is 0 Å². The van der Waals surface area contributed by atoms with Gasteiger partial charge in [0.2, 0.25) is 5.95 Å². The van der Waals surface area contributed by atoms with Gasteiger partial charge < -0.3 is 4.40 Å². The average Bonchev–Trinajstić information content (AvgIpc) is 3.25. The van der Waals surface area contributed by atoms with Crippen LogP contribution in [0.3, 0.4) is 0 Å². The fourth-order valence-electron chi connectivity index (χ4n) is 2.83. The second kappa shape index (κ2) is 6.42. The Balaban J connectivity index is 1.79. The van der Waals surface area contributed by atoms with E-state index >= 15 is 0 Å². The van der Waals surface area contributed by atoms with Crippen LogP contribution in [0.4, 0.5) is 4.39 Å². The van der Waals surface area contributed by atoms with Gasteiger partial charge in [-0.3, -0.25) is 4.79 Å². The van der Waals surface area contributed by atoms with E-state index in [-0.39, 0.29) is 12.2 Å². The third-order valence-corrected chi connectivity index (χ3v) is 5.08. The molecule has 0 unspecified atom stereocenters. The number of nitrogens with zero attached hydrogens (tertiary/aromatic N) is 4. The molecule has 0 fully saturated rings. The van der Waals surface area contributed by atoms with Gasteiger partial charge in [-0.15, -0.1) is 11.3 Å². The van der Waals surface area contributed by atoms with Crippen molar-refractivity contribution in [1.82, 2.24) is 19.4 Å². The molecule has 0 radical (unpaired) electrons. The van der Waals surface area contributed by atoms with E-state index in [1.165, 1.54) is 17.5 Å². The SMILES string of the molecule is Cc1csc(CC(=O)c2cc(-c3cnc(F)c(C)c3)cn3ccnc23)n1. The third kappa shape index (κ3) is 3.01. The maximum Gasteiger partial charge on any atom is 0.215 e. The highest BCUT2D eigenvalue weighted by molar-refractivity contribution is 7.09. The van der Waals surface area contributed by atoms with Crippen LogP contribution < -0.4 is 0 Å². The maximum absolute atomic E-state index is 13.5. The van der Waals surface area contributed by atoms with Gasteiger partial charge in [-0.05, 0) is 26.0 Å². The number of rotatable bonds is 4. The monoisotopic (exact) mass is 366 g/mol. The molecular formula is C19H15FN4OS. The molecule has 4 aromatic rings. The number of ketones is 1. The molecule has 4 rings (SSSR count). The predicted molar refractivity (Wildman–Crippen MR) is 98.0 cm³/mol. The lowest BCUT2D eigenvalue weighted by molar-refractivity contribution is 0.0994. The second-order valence-electron chi connectivity index (χ2n) is 6.11. The number of thiazole rings is 1. The summed E-state index contributed by atoms with van der Waals surface area (Å²) >= 11 is 1.47. The quantitative estimate of drug-likeness (QED) is 0.404. The number of fused-ring (bicyclic) bond motifs is 1. The second-order valence-corrected chi connectivity index (χ2v) is 7.06. The van der Waals surface area contributed by atoms with E-state index in [0.29, 0.717) is 16.8 Å². The molecule has 26 heavy (non-hydrogen) atoms. The van der Waals surface area contributed by atoms with E-state index < -0.39 is 5.95 Å². The minimum absolute atomic E-state index is 0.0517. The first-order valence-corrected chi connectivity index (χ1v) is 8.92. The Morgan fingerprint density at radius 2 is 2.08 bits per heavy atom. The van der Waals surface area contributed by atoms with Gasteiger partial charge in [-0.1, -0.05) is 0 Å². The summed E-state index contributed by atoms with van der Waals surface area (Å²) < 4.78 is 15.3. The first-order valence-electron chi connectivity index (χ1n) is 8.04. The molecule has 0 bridgehead atoms. The summed E-state index contributed by atoms with van der Waals surface area (Å²) in [6.45, 7) is 3.57. The van der Waals surface area contributed by atoms with Crippen molar-refractivity contribution >= 4 is 22.8 Å². The number of Topliss-reactive ketones (excluding diaryl/α,β-unsaturated/α-hetero) is 1. The highest BCUT2D eigenvalue weighted by Gasteiger charge is 2.16. The van der Waals surface area contributed by atoms with Crippen LogP contribution in [-0.2, 0) is 6.42 Å². The van der Waals surface area contributed by atoms with Gasteiger partial charge in [0.25, 0.3) is 0 Å². The molecule has 0 spiro atoms. The number of hydrogen-bond acceptors (Lipinski definition) is 5. The molecule has 0 aliphatic heterocycles. The summed E-state index contributed by atoms with van der Waals surface area (Å²) in [5, 5.41) is 2.71. The average molecular weight is 366 g/mol. The molecule has 5 nitrogen and oxygen atoms in total. The molecule has 0 aliphatic rings. The smallest absolute Gasteiger partial charge is 0.215 e. The molecule has 4 heterocycles. The van der Waals surface area contributed by atoms with Crippen molar-refractivity contribution in [3.05, 3.63) is 70.1 Å². The van der Waals surface area contributed by atoms with Gasteiger partial charge in [0, 0.05) is 52.6 Å². The summed E-state index contributed by atoms with van der Waals surface area (Å²) in [5.41, 5.74) is 4.01. The topological polar surface area (TPSA) is 60.2 Å². The van der Waals surface area contributed by atoms with Crippen LogP contribution in [0, 0.1) is 19.8 Å². The van der Waals surface area contributed by atoms with E-state index in [1.54, 1.807) is 35.9 Å². The largest absolute Gasteiger partial charge is 0.306 e. The van der Waals surface area contributed by atoms with Crippen molar-refractivity contribution in [2.45, 2.75) is 20.3 Å². The third-order valence-electron chi connectivity index (χ3n) is 4.11. The summed E-state index contributed by atoms with van der Waals surface area (Å²) in [6, 6.07) is 3.51. The molecule has 130 valence electrons. The normalized spacial score (nSPS) is 11.2. The Kier molecular flexibility index (Phi) is 4.08. The number of aryl methyl sites for hydroxylation is 2. The van der Waals surface area contributed by atoms with E-state index in [9.17, 15) is 9.18 Å². The highest BCUT2D eigenvalue weighted by Crippen LogP contribution is 2.25. The molecular weight excluding hydrogens is 351 g/mol. The van der Waals surface area contributed by atoms with Crippen LogP contribution in [0.2, 0.25) is 0 Å². The Morgan fingerprint density at radius 1 is 1.23 bits per heavy atom. The van der Waals surface area contributed by atoms with Gasteiger partial charge in [-0.2, -0.15) is 4.39 Å². The van der Waals surface area contributed by atoms with Gasteiger partial charge in [-0.25, -0.2) is 15.0 Å². The Morgan fingerprint density at radius 3 is 2.81 bits per heavy atom. The van der Waals surface area contributed by atoms with Crippen molar-refractivity contribution in [3.8, 4) is 11.1 Å². The number of hydrogen-bond donors (Lipinski definition) is 0. The standard InChI is InChI=1S/C19H15FN4OS/c1-11-5-13(8-22-18(11)20)14-6-15(19-21-3-4-24(19)9-14)16(25)7-17-23-12(2)10-26-17/h3-6,8-10H,7H2,1-2H3. The lowest BCUT2D eigenvalue weighted by Gasteiger charge is -2.08. The lowest BCUT2D eigenvalue weighted by atomic mass is 10.0. The molecule has 0 aromatic carbocycles. The summed E-state index contributed by atoms with van der Waals surface area (Å²) in [5.74, 6) is -0.544. The first-order chi connectivity index (χ1) is 12.5. The van der Waals surface area contributed by atoms with Gasteiger partial charge in [0.1, 0.15) is 10.7 Å². The number of pyridine rings is 2. The van der Waals surface area contributed by atoms with Crippen LogP contribution in [0.25, 0.3) is 16.8 Å². The fourth-order valence-corrected chi connectivity index (χ4v) is 3.60. The van der Waals surface area contributed by atoms with E-state index in [4.69, 9.17) is 0 Å². The van der Waals surface area contributed by atoms with Gasteiger partial charge in [0.05, 0.1) is 12.0 Å². The highest BCUT2D eigenvalue weighted by atomic mass is 32.1. The van der Waals surface area contributed by atoms with Gasteiger partial charge in [0.15, 0.2) is 5.78 Å². The van der Waals surface area contributed by atoms with E-state index in [1.807, 2.05) is 18.5 Å². The number of halogens is 1. The maximum atomic E-state index is 13.5. The predicted octanol–water partition coefficient (Wildman–Crippen LogP) is 4.03. The van der Waals surface area contributed by atoms with Crippen LogP contribution in [0.15, 0.2) is 42.3 Å². The number of imidazole rings is 1. The van der Waals surface area contributed by atoms with Crippen molar-refractivity contribution in [3.63, 3.8) is 0 Å². The number of carbonyl (C=O) groups is 1. The lowest BCUT2D eigenvalue weighted by Crippen LogP contribution is -2.07. The number of aromatic nitrogens is 4. The summed E-state index contributed by atoms with van der Waals surface area (Å²) in [6.07, 6.45) is 7.00. The molecule has 0 saturated heterocycles. The molecule has 0 aliphatic carbocycles. The molecule has 0 amide bonds. The molecule has 0 N–H and O–H groups in total. The Labute approximate surface area is 153 Å². The van der Waals surface area contributed by atoms with Crippen LogP contribution >= 0.6 is 11.3 Å². The molecule has 4 aromatic heterocycles. The van der Waals surface area contributed by atoms with Crippen molar-refractivity contribution in [2.24, 2.45) is 0 Å². The zero-order valence-corrected chi connectivity index (χ0v) is 15.0. The van der Waals surface area contributed by atoms with Crippen LogP contribution in [0.5, 0.6) is 0 Å². The summed E-state index contributed by atoms with van der Waals surface area (Å²) in [4.78, 5) is 25.3. The van der Waals surface area contributed by atoms with Crippen LogP contribution in [-0.4, -0.2) is 25.1 Å². The summed E-state index contributed by atoms with van der Waals surface area (Å²) in [7, 11) is 0. The minimum atomic E-state index is -0.493. The zero-order valence-electron chi connectivity index (χ0n) is 14.2. The van der Waals surface area contributed by atoms with Crippen LogP contribution in [0.1, 0.15) is 26.6 Å². The fraction of sp³-hybridized carbons (Fsp3) is 0.158. The Bertz CT molecular complexity index is 1130. The molecule has 0 saturated carbocycles. The first kappa shape index (κ1) is 16.5. The van der Waals surface area contributed by atoms with Gasteiger partial charge >= 0.3 is 0 Å². The van der Waals surface area contributed by atoms with Crippen molar-refractivity contribution in [2.75, 3.05) is 0 Å². The van der Waals surface area contributed by atoms with E-state index in [2.05, 4.69) is 15.0 Å². The minimum Gasteiger partial charge on any atom is -0.306 e. The zero-order chi connectivity index (χ0) is 18.3. The molecule has 0 atom stereocenters. The Hall–Kier alpha value is -2.93. The number of carbonyl (C=O) groups excluding carboxylic acids is 1. The molecule has 7 heteroatoms.